The van der Waals surface area contributed by atoms with E-state index in [2.05, 4.69) is 29.8 Å². The summed E-state index contributed by atoms with van der Waals surface area (Å²) in [6, 6.07) is 12.3. The molecule has 2 aromatic rings. The first-order chi connectivity index (χ1) is 8.65. The van der Waals surface area contributed by atoms with Crippen LogP contribution >= 0.6 is 11.3 Å². The van der Waals surface area contributed by atoms with Gasteiger partial charge in [0.05, 0.1) is 0 Å². The van der Waals surface area contributed by atoms with Gasteiger partial charge in [0.1, 0.15) is 0 Å². The Hall–Kier alpha value is -1.61. The van der Waals surface area contributed by atoms with Crippen LogP contribution in [0.5, 0.6) is 0 Å². The fourth-order valence-electron chi connectivity index (χ4n) is 1.87. The molecular weight excluding hydrogens is 242 g/mol. The van der Waals surface area contributed by atoms with Gasteiger partial charge in [-0.1, -0.05) is 6.07 Å². The van der Waals surface area contributed by atoms with Gasteiger partial charge in [-0.15, -0.1) is 11.3 Å². The van der Waals surface area contributed by atoms with E-state index in [1.807, 2.05) is 24.3 Å². The van der Waals surface area contributed by atoms with Crippen molar-refractivity contribution in [1.82, 2.24) is 0 Å². The number of carbonyl (C=O) groups is 1. The molecule has 0 fully saturated rings. The van der Waals surface area contributed by atoms with Crippen LogP contribution in [0.2, 0.25) is 0 Å². The molecule has 0 spiro atoms. The van der Waals surface area contributed by atoms with Gasteiger partial charge < -0.3 is 5.32 Å². The minimum Gasteiger partial charge on any atom is -0.382 e. The van der Waals surface area contributed by atoms with E-state index in [4.69, 9.17) is 0 Å². The second kappa shape index (κ2) is 5.83. The molecule has 1 aromatic carbocycles. The predicted molar refractivity (Wildman–Crippen MR) is 77.6 cm³/mol. The quantitative estimate of drug-likeness (QED) is 0.822. The molecule has 2 nitrogen and oxygen atoms in total. The van der Waals surface area contributed by atoms with E-state index < -0.39 is 0 Å². The van der Waals surface area contributed by atoms with E-state index in [1.165, 1.54) is 4.88 Å². The van der Waals surface area contributed by atoms with Gasteiger partial charge in [0.15, 0.2) is 5.78 Å². The molecule has 1 aromatic heterocycles. The van der Waals surface area contributed by atoms with Gasteiger partial charge >= 0.3 is 0 Å². The second-order valence-corrected chi connectivity index (χ2v) is 5.49. The first kappa shape index (κ1) is 12.8. The lowest BCUT2D eigenvalue weighted by atomic mass is 10.1. The number of nitrogens with one attached hydrogen (secondary N) is 1. The molecule has 1 heterocycles. The number of anilines is 1. The highest BCUT2D eigenvalue weighted by atomic mass is 32.1. The minimum absolute atomic E-state index is 0.105. The van der Waals surface area contributed by atoms with E-state index in [9.17, 15) is 4.79 Å². The monoisotopic (exact) mass is 259 g/mol. The Labute approximate surface area is 112 Å². The Balaban J connectivity index is 1.94. The largest absolute Gasteiger partial charge is 0.382 e. The van der Waals surface area contributed by atoms with Crippen LogP contribution in [-0.4, -0.2) is 11.8 Å². The maximum atomic E-state index is 11.2. The van der Waals surface area contributed by atoms with Crippen molar-refractivity contribution < 1.29 is 4.79 Å². The van der Waals surface area contributed by atoms with Crippen molar-refractivity contribution in [2.75, 3.05) is 5.32 Å². The molecule has 0 saturated heterocycles. The molecule has 94 valence electrons. The molecule has 2 rings (SSSR count). The lowest BCUT2D eigenvalue weighted by molar-refractivity contribution is 0.101. The van der Waals surface area contributed by atoms with Gasteiger partial charge in [0.25, 0.3) is 0 Å². The van der Waals surface area contributed by atoms with Crippen molar-refractivity contribution in [3.63, 3.8) is 0 Å². The molecular formula is C15H17NOS. The summed E-state index contributed by atoms with van der Waals surface area (Å²) in [7, 11) is 0. The summed E-state index contributed by atoms with van der Waals surface area (Å²) in [4.78, 5) is 12.6. The zero-order chi connectivity index (χ0) is 13.0. The number of benzene rings is 1. The molecule has 0 aliphatic carbocycles. The number of thiophene rings is 1. The highest BCUT2D eigenvalue weighted by Crippen LogP contribution is 2.15. The van der Waals surface area contributed by atoms with Crippen LogP contribution in [0.3, 0.4) is 0 Å². The van der Waals surface area contributed by atoms with Gasteiger partial charge in [-0.2, -0.15) is 0 Å². The number of hydrogen-bond acceptors (Lipinski definition) is 3. The summed E-state index contributed by atoms with van der Waals surface area (Å²) >= 11 is 1.78. The number of carbonyl (C=O) groups excluding carboxylic acids is 1. The van der Waals surface area contributed by atoms with Crippen LogP contribution in [0.15, 0.2) is 41.8 Å². The molecule has 1 atom stereocenters. The first-order valence-electron chi connectivity index (χ1n) is 6.05. The van der Waals surface area contributed by atoms with Gasteiger partial charge in [-0.05, 0) is 49.6 Å². The Kier molecular flexibility index (Phi) is 4.15. The fourth-order valence-corrected chi connectivity index (χ4v) is 2.70. The lowest BCUT2D eigenvalue weighted by Gasteiger charge is -2.14. The molecule has 0 aliphatic heterocycles. The number of Topliss-reactive ketones (excluding diaryl/α,β-unsaturated/α-hetero) is 1. The van der Waals surface area contributed by atoms with Crippen molar-refractivity contribution in [2.45, 2.75) is 26.3 Å². The highest BCUT2D eigenvalue weighted by molar-refractivity contribution is 7.09. The van der Waals surface area contributed by atoms with Crippen LogP contribution in [0, 0.1) is 0 Å². The first-order valence-corrected chi connectivity index (χ1v) is 6.93. The van der Waals surface area contributed by atoms with Crippen LogP contribution in [-0.2, 0) is 6.42 Å². The normalized spacial score (nSPS) is 12.1. The molecule has 1 unspecified atom stereocenters. The van der Waals surface area contributed by atoms with E-state index >= 15 is 0 Å². The van der Waals surface area contributed by atoms with E-state index in [0.717, 1.165) is 17.7 Å². The van der Waals surface area contributed by atoms with Crippen molar-refractivity contribution in [1.29, 1.82) is 0 Å². The van der Waals surface area contributed by atoms with E-state index in [-0.39, 0.29) is 5.78 Å². The second-order valence-electron chi connectivity index (χ2n) is 4.46. The van der Waals surface area contributed by atoms with Gasteiger partial charge in [-0.3, -0.25) is 4.79 Å². The summed E-state index contributed by atoms with van der Waals surface area (Å²) in [6.45, 7) is 3.75. The van der Waals surface area contributed by atoms with Crippen LogP contribution in [0.25, 0.3) is 0 Å². The number of rotatable bonds is 5. The SMILES string of the molecule is CC(=O)c1ccc(NC(C)Cc2cccs2)cc1. The Morgan fingerprint density at radius 3 is 2.56 bits per heavy atom. The summed E-state index contributed by atoms with van der Waals surface area (Å²) in [5, 5.41) is 5.54. The van der Waals surface area contributed by atoms with Crippen LogP contribution < -0.4 is 5.32 Å². The smallest absolute Gasteiger partial charge is 0.159 e. The van der Waals surface area contributed by atoms with Gasteiger partial charge in [0.2, 0.25) is 0 Å². The van der Waals surface area contributed by atoms with Gasteiger partial charge in [-0.25, -0.2) is 0 Å². The fraction of sp³-hybridized carbons (Fsp3) is 0.267. The summed E-state index contributed by atoms with van der Waals surface area (Å²) in [5.41, 5.74) is 1.82. The zero-order valence-electron chi connectivity index (χ0n) is 10.6. The lowest BCUT2D eigenvalue weighted by Crippen LogP contribution is -2.17. The molecule has 0 radical (unpaired) electrons. The molecule has 3 heteroatoms. The van der Waals surface area contributed by atoms with Crippen LogP contribution in [0.1, 0.15) is 29.1 Å². The van der Waals surface area contributed by atoms with Crippen molar-refractivity contribution in [3.05, 3.63) is 52.2 Å². The average Bonchev–Trinajstić information content (AvgIpc) is 2.82. The molecule has 0 saturated carbocycles. The maximum absolute atomic E-state index is 11.2. The Bertz CT molecular complexity index is 502. The minimum atomic E-state index is 0.105. The van der Waals surface area contributed by atoms with Gasteiger partial charge in [0, 0.05) is 28.6 Å². The van der Waals surface area contributed by atoms with Crippen LogP contribution in [0.4, 0.5) is 5.69 Å². The van der Waals surface area contributed by atoms with Crippen molar-refractivity contribution in [3.8, 4) is 0 Å². The summed E-state index contributed by atoms with van der Waals surface area (Å²) in [5.74, 6) is 0.105. The maximum Gasteiger partial charge on any atom is 0.159 e. The zero-order valence-corrected chi connectivity index (χ0v) is 11.5. The van der Waals surface area contributed by atoms with E-state index in [0.29, 0.717) is 6.04 Å². The summed E-state index contributed by atoms with van der Waals surface area (Å²) < 4.78 is 0. The van der Waals surface area contributed by atoms with Crippen molar-refractivity contribution in [2.24, 2.45) is 0 Å². The van der Waals surface area contributed by atoms with Crippen molar-refractivity contribution >= 4 is 22.8 Å². The molecule has 1 N–H and O–H groups in total. The standard InChI is InChI=1S/C15H17NOS/c1-11(10-15-4-3-9-18-15)16-14-7-5-13(6-8-14)12(2)17/h3-9,11,16H,10H2,1-2H3. The average molecular weight is 259 g/mol. The molecule has 0 bridgehead atoms. The number of hydrogen-bond donors (Lipinski definition) is 1. The Morgan fingerprint density at radius 2 is 2.00 bits per heavy atom. The van der Waals surface area contributed by atoms with E-state index in [1.54, 1.807) is 18.3 Å². The number of ketones is 1. The topological polar surface area (TPSA) is 29.1 Å². The summed E-state index contributed by atoms with van der Waals surface area (Å²) in [6.07, 6.45) is 1.02. The molecule has 18 heavy (non-hydrogen) atoms. The Morgan fingerprint density at radius 1 is 1.28 bits per heavy atom. The molecule has 0 aliphatic rings. The predicted octanol–water partition coefficient (Wildman–Crippen LogP) is 3.99. The molecule has 0 amide bonds. The highest BCUT2D eigenvalue weighted by Gasteiger charge is 2.05. The third-order valence-electron chi connectivity index (χ3n) is 2.79. The third kappa shape index (κ3) is 3.44. The third-order valence-corrected chi connectivity index (χ3v) is 3.69.